The van der Waals surface area contributed by atoms with E-state index in [1.165, 1.54) is 10.5 Å². The Balaban J connectivity index is 0.00000338. The van der Waals surface area contributed by atoms with Crippen molar-refractivity contribution in [2.75, 3.05) is 20.4 Å². The van der Waals surface area contributed by atoms with Gasteiger partial charge in [0.15, 0.2) is 5.96 Å². The van der Waals surface area contributed by atoms with Crippen LogP contribution in [0.4, 0.5) is 0 Å². The number of carbonyl (C=O) groups excluding carboxylic acids is 1. The molecule has 1 amide bonds. The van der Waals surface area contributed by atoms with Crippen LogP contribution < -0.4 is 11.1 Å². The maximum absolute atomic E-state index is 11.3. The van der Waals surface area contributed by atoms with Crippen molar-refractivity contribution >= 4 is 47.6 Å². The van der Waals surface area contributed by atoms with Gasteiger partial charge >= 0.3 is 0 Å². The van der Waals surface area contributed by atoms with Crippen LogP contribution in [0.2, 0.25) is 0 Å². The van der Waals surface area contributed by atoms with Gasteiger partial charge in [-0.25, -0.2) is 0 Å². The molecule has 2 aromatic carbocycles. The molecule has 0 aliphatic heterocycles. The SMILES string of the molecule is CN=C(NCc1cccc(C(N)=O)c1)N(C)Cc1ccc(SC)cc1.I. The highest BCUT2D eigenvalue weighted by Gasteiger charge is 2.08. The Morgan fingerprint density at radius 2 is 1.88 bits per heavy atom. The summed E-state index contributed by atoms with van der Waals surface area (Å²) in [4.78, 5) is 18.9. The predicted molar refractivity (Wildman–Crippen MR) is 120 cm³/mol. The number of nitrogens with zero attached hydrogens (tertiary/aromatic N) is 2. The van der Waals surface area contributed by atoms with Crippen molar-refractivity contribution in [2.45, 2.75) is 18.0 Å². The Morgan fingerprint density at radius 1 is 1.19 bits per heavy atom. The van der Waals surface area contributed by atoms with Gasteiger partial charge in [-0.3, -0.25) is 9.79 Å². The van der Waals surface area contributed by atoms with Gasteiger partial charge in [-0.1, -0.05) is 24.3 Å². The van der Waals surface area contributed by atoms with Crippen LogP contribution >= 0.6 is 35.7 Å². The summed E-state index contributed by atoms with van der Waals surface area (Å²) in [5.74, 6) is 0.371. The fourth-order valence-electron chi connectivity index (χ4n) is 2.48. The smallest absolute Gasteiger partial charge is 0.248 e. The standard InChI is InChI=1S/C19H24N4OS.HI/c1-21-19(22-12-15-5-4-6-16(11-15)18(20)24)23(2)13-14-7-9-17(25-3)10-8-14;/h4-11H,12-13H2,1-3H3,(H2,20,24)(H,21,22);1H. The van der Waals surface area contributed by atoms with Gasteiger partial charge < -0.3 is 16.0 Å². The summed E-state index contributed by atoms with van der Waals surface area (Å²) >= 11 is 1.73. The van der Waals surface area contributed by atoms with E-state index in [0.717, 1.165) is 18.1 Å². The van der Waals surface area contributed by atoms with Crippen molar-refractivity contribution in [2.24, 2.45) is 10.7 Å². The molecule has 0 radical (unpaired) electrons. The third kappa shape index (κ3) is 6.53. The number of aliphatic imine (C=N–C) groups is 1. The number of guanidine groups is 1. The largest absolute Gasteiger partial charge is 0.366 e. The third-order valence-electron chi connectivity index (χ3n) is 3.81. The van der Waals surface area contributed by atoms with Crippen LogP contribution in [0.3, 0.4) is 0 Å². The van der Waals surface area contributed by atoms with E-state index in [1.807, 2.05) is 19.2 Å². The van der Waals surface area contributed by atoms with Crippen LogP contribution in [0.15, 0.2) is 58.4 Å². The molecule has 2 rings (SSSR count). The maximum Gasteiger partial charge on any atom is 0.248 e. The normalized spacial score (nSPS) is 10.8. The molecule has 0 heterocycles. The highest BCUT2D eigenvalue weighted by Crippen LogP contribution is 2.15. The first-order valence-corrected chi connectivity index (χ1v) is 9.19. The molecule has 0 aliphatic carbocycles. The zero-order valence-electron chi connectivity index (χ0n) is 15.2. The molecule has 0 unspecified atom stereocenters. The summed E-state index contributed by atoms with van der Waals surface area (Å²) in [7, 11) is 3.76. The number of rotatable bonds is 6. The molecule has 0 aromatic heterocycles. The summed E-state index contributed by atoms with van der Waals surface area (Å²) < 4.78 is 0. The Hall–Kier alpha value is -1.74. The molecule has 0 saturated carbocycles. The minimum Gasteiger partial charge on any atom is -0.366 e. The van der Waals surface area contributed by atoms with E-state index in [4.69, 9.17) is 5.73 Å². The van der Waals surface area contributed by atoms with Crippen LogP contribution in [0.5, 0.6) is 0 Å². The first-order chi connectivity index (χ1) is 12.0. The molecule has 3 N–H and O–H groups in total. The first kappa shape index (κ1) is 22.3. The van der Waals surface area contributed by atoms with Gasteiger partial charge in [0.1, 0.15) is 0 Å². The van der Waals surface area contributed by atoms with E-state index in [9.17, 15) is 4.79 Å². The molecular formula is C19H25IN4OS. The van der Waals surface area contributed by atoms with Gasteiger partial charge in [0.05, 0.1) is 0 Å². The molecule has 5 nitrogen and oxygen atoms in total. The number of nitrogens with two attached hydrogens (primary N) is 1. The summed E-state index contributed by atoms with van der Waals surface area (Å²) in [6.07, 6.45) is 2.07. The van der Waals surface area contributed by atoms with E-state index in [1.54, 1.807) is 30.9 Å². The molecule has 0 spiro atoms. The Labute approximate surface area is 176 Å². The number of carbonyl (C=O) groups is 1. The lowest BCUT2D eigenvalue weighted by Crippen LogP contribution is -2.38. The van der Waals surface area contributed by atoms with Crippen LogP contribution in [0.25, 0.3) is 0 Å². The molecule has 0 saturated heterocycles. The summed E-state index contributed by atoms with van der Waals surface area (Å²) in [6, 6.07) is 15.8. The fraction of sp³-hybridized carbons (Fsp3) is 0.263. The molecular weight excluding hydrogens is 459 g/mol. The second-order valence-corrected chi connectivity index (χ2v) is 6.55. The number of amides is 1. The topological polar surface area (TPSA) is 70.7 Å². The summed E-state index contributed by atoms with van der Waals surface area (Å²) in [5.41, 5.74) is 8.04. The zero-order valence-corrected chi connectivity index (χ0v) is 18.4. The fourth-order valence-corrected chi connectivity index (χ4v) is 2.89. The molecule has 140 valence electrons. The van der Waals surface area contributed by atoms with Crippen molar-refractivity contribution in [1.29, 1.82) is 0 Å². The molecule has 26 heavy (non-hydrogen) atoms. The number of hydrogen-bond acceptors (Lipinski definition) is 3. The first-order valence-electron chi connectivity index (χ1n) is 7.97. The lowest BCUT2D eigenvalue weighted by Gasteiger charge is -2.22. The number of primary amides is 1. The van der Waals surface area contributed by atoms with Gasteiger partial charge in [-0.05, 0) is 41.6 Å². The highest BCUT2D eigenvalue weighted by atomic mass is 127. The lowest BCUT2D eigenvalue weighted by atomic mass is 10.1. The van der Waals surface area contributed by atoms with Gasteiger partial charge in [0.25, 0.3) is 0 Å². The number of hydrogen-bond donors (Lipinski definition) is 2. The van der Waals surface area contributed by atoms with E-state index in [-0.39, 0.29) is 24.0 Å². The van der Waals surface area contributed by atoms with Crippen molar-refractivity contribution in [1.82, 2.24) is 10.2 Å². The Kier molecular flexibility index (Phi) is 9.50. The van der Waals surface area contributed by atoms with Crippen LogP contribution in [0.1, 0.15) is 21.5 Å². The van der Waals surface area contributed by atoms with E-state index in [2.05, 4.69) is 45.7 Å². The van der Waals surface area contributed by atoms with Crippen LogP contribution in [-0.4, -0.2) is 37.1 Å². The summed E-state index contributed by atoms with van der Waals surface area (Å²) in [5, 5.41) is 3.31. The average Bonchev–Trinajstić information content (AvgIpc) is 2.63. The monoisotopic (exact) mass is 484 g/mol. The third-order valence-corrected chi connectivity index (χ3v) is 4.56. The lowest BCUT2D eigenvalue weighted by molar-refractivity contribution is 0.1000. The van der Waals surface area contributed by atoms with Gasteiger partial charge in [-0.2, -0.15) is 0 Å². The minimum atomic E-state index is -0.419. The number of thioether (sulfide) groups is 1. The number of nitrogens with one attached hydrogen (secondary N) is 1. The number of benzene rings is 2. The van der Waals surface area contributed by atoms with Gasteiger partial charge in [0, 0.05) is 37.6 Å². The summed E-state index contributed by atoms with van der Waals surface area (Å²) in [6.45, 7) is 1.33. The van der Waals surface area contributed by atoms with Crippen molar-refractivity contribution < 1.29 is 4.79 Å². The molecule has 2 aromatic rings. The molecule has 0 bridgehead atoms. The highest BCUT2D eigenvalue weighted by molar-refractivity contribution is 14.0. The van der Waals surface area contributed by atoms with Crippen molar-refractivity contribution in [3.8, 4) is 0 Å². The zero-order chi connectivity index (χ0) is 18.2. The number of halogens is 1. The van der Waals surface area contributed by atoms with Crippen molar-refractivity contribution in [3.63, 3.8) is 0 Å². The van der Waals surface area contributed by atoms with E-state index >= 15 is 0 Å². The van der Waals surface area contributed by atoms with Gasteiger partial charge in [-0.15, -0.1) is 35.7 Å². The Bertz CT molecular complexity index is 749. The molecule has 0 atom stereocenters. The van der Waals surface area contributed by atoms with Crippen LogP contribution in [-0.2, 0) is 13.1 Å². The molecule has 0 aliphatic rings. The second kappa shape index (κ2) is 11.1. The predicted octanol–water partition coefficient (Wildman–Crippen LogP) is 3.33. The Morgan fingerprint density at radius 3 is 2.46 bits per heavy atom. The minimum absolute atomic E-state index is 0. The molecule has 0 fully saturated rings. The second-order valence-electron chi connectivity index (χ2n) is 5.67. The van der Waals surface area contributed by atoms with E-state index in [0.29, 0.717) is 12.1 Å². The maximum atomic E-state index is 11.3. The van der Waals surface area contributed by atoms with Crippen LogP contribution in [0, 0.1) is 0 Å². The molecule has 7 heteroatoms. The van der Waals surface area contributed by atoms with E-state index < -0.39 is 5.91 Å². The van der Waals surface area contributed by atoms with Crippen molar-refractivity contribution in [3.05, 3.63) is 65.2 Å². The quantitative estimate of drug-likeness (QED) is 0.286. The van der Waals surface area contributed by atoms with Gasteiger partial charge in [0.2, 0.25) is 5.91 Å². The average molecular weight is 484 g/mol.